The smallest absolute Gasteiger partial charge is 0.255 e. The summed E-state index contributed by atoms with van der Waals surface area (Å²) in [7, 11) is 0. The minimum absolute atomic E-state index is 0.0647. The molecule has 0 aliphatic carbocycles. The lowest BCUT2D eigenvalue weighted by atomic mass is 10.1. The summed E-state index contributed by atoms with van der Waals surface area (Å²) in [4.78, 5) is 12.3. The number of carbonyl (C=O) groups excluding carboxylic acids is 1. The van der Waals surface area contributed by atoms with Gasteiger partial charge in [-0.1, -0.05) is 40.5 Å². The van der Waals surface area contributed by atoms with E-state index in [9.17, 15) is 4.79 Å². The van der Waals surface area contributed by atoms with Crippen LogP contribution in [0.3, 0.4) is 0 Å². The van der Waals surface area contributed by atoms with E-state index < -0.39 is 0 Å². The molecule has 0 atom stereocenters. The van der Waals surface area contributed by atoms with Crippen molar-refractivity contribution >= 4 is 27.5 Å². The van der Waals surface area contributed by atoms with Crippen molar-refractivity contribution in [3.05, 3.63) is 63.1 Å². The van der Waals surface area contributed by atoms with Gasteiger partial charge in [-0.05, 0) is 55.7 Å². The van der Waals surface area contributed by atoms with Gasteiger partial charge in [-0.25, -0.2) is 0 Å². The van der Waals surface area contributed by atoms with Gasteiger partial charge >= 0.3 is 0 Å². The fraction of sp³-hybridized carbons (Fsp3) is 0.235. The fourth-order valence-corrected chi connectivity index (χ4v) is 2.78. The van der Waals surface area contributed by atoms with Crippen LogP contribution >= 0.6 is 15.9 Å². The number of hydrogen-bond donors (Lipinski definition) is 1. The monoisotopic (exact) mass is 331 g/mol. The van der Waals surface area contributed by atoms with Crippen molar-refractivity contribution < 1.29 is 4.79 Å². The fourth-order valence-electron chi connectivity index (χ4n) is 2.16. The highest BCUT2D eigenvalue weighted by molar-refractivity contribution is 9.10. The van der Waals surface area contributed by atoms with Crippen LogP contribution in [-0.4, -0.2) is 5.91 Å². The Kier molecular flexibility index (Phi) is 4.61. The molecule has 2 rings (SSSR count). The molecule has 0 saturated heterocycles. The first-order valence-electron chi connectivity index (χ1n) is 6.68. The van der Waals surface area contributed by atoms with E-state index in [1.807, 2.05) is 44.2 Å². The average Bonchev–Trinajstić information content (AvgIpc) is 2.42. The molecule has 0 aliphatic rings. The van der Waals surface area contributed by atoms with Gasteiger partial charge in [-0.15, -0.1) is 0 Å². The quantitative estimate of drug-likeness (QED) is 0.853. The first-order chi connectivity index (χ1) is 9.51. The maximum Gasteiger partial charge on any atom is 0.255 e. The summed E-state index contributed by atoms with van der Waals surface area (Å²) in [6, 6.07) is 11.7. The van der Waals surface area contributed by atoms with E-state index in [0.29, 0.717) is 5.56 Å². The van der Waals surface area contributed by atoms with Crippen LogP contribution in [0.2, 0.25) is 0 Å². The summed E-state index contributed by atoms with van der Waals surface area (Å²) < 4.78 is 1.04. The van der Waals surface area contributed by atoms with Crippen molar-refractivity contribution in [3.63, 3.8) is 0 Å². The molecule has 104 valence electrons. The molecule has 0 unspecified atom stereocenters. The van der Waals surface area contributed by atoms with Crippen molar-refractivity contribution in [1.82, 2.24) is 0 Å². The summed E-state index contributed by atoms with van der Waals surface area (Å²) in [6.07, 6.45) is 0.879. The Hall–Kier alpha value is -1.61. The highest BCUT2D eigenvalue weighted by Crippen LogP contribution is 2.26. The normalized spacial score (nSPS) is 10.4. The summed E-state index contributed by atoms with van der Waals surface area (Å²) in [5.41, 5.74) is 4.95. The number of hydrogen-bond acceptors (Lipinski definition) is 1. The van der Waals surface area contributed by atoms with Gasteiger partial charge in [0.2, 0.25) is 0 Å². The average molecular weight is 332 g/mol. The molecule has 20 heavy (non-hydrogen) atoms. The molecule has 1 amide bonds. The predicted molar refractivity (Wildman–Crippen MR) is 87.4 cm³/mol. The van der Waals surface area contributed by atoms with Crippen molar-refractivity contribution in [3.8, 4) is 0 Å². The first-order valence-corrected chi connectivity index (χ1v) is 7.47. The van der Waals surface area contributed by atoms with Crippen LogP contribution in [0.1, 0.15) is 34.0 Å². The SMILES string of the molecule is CCc1cc(Br)cc(C)c1NC(=O)c1ccc(C)cc1. The third-order valence-corrected chi connectivity index (χ3v) is 3.77. The van der Waals surface area contributed by atoms with Crippen LogP contribution in [0.25, 0.3) is 0 Å². The molecule has 0 radical (unpaired) electrons. The molecule has 0 fully saturated rings. The van der Waals surface area contributed by atoms with E-state index >= 15 is 0 Å². The van der Waals surface area contributed by atoms with E-state index in [1.54, 1.807) is 0 Å². The van der Waals surface area contributed by atoms with Crippen LogP contribution in [-0.2, 0) is 6.42 Å². The van der Waals surface area contributed by atoms with Crippen molar-refractivity contribution in [1.29, 1.82) is 0 Å². The molecular formula is C17H18BrNO. The lowest BCUT2D eigenvalue weighted by molar-refractivity contribution is 0.102. The lowest BCUT2D eigenvalue weighted by Gasteiger charge is -2.14. The molecule has 2 nitrogen and oxygen atoms in total. The van der Waals surface area contributed by atoms with E-state index in [2.05, 4.69) is 34.2 Å². The molecule has 1 N–H and O–H groups in total. The molecule has 3 heteroatoms. The summed E-state index contributed by atoms with van der Waals surface area (Å²) in [5.74, 6) is -0.0647. The van der Waals surface area contributed by atoms with Gasteiger partial charge in [0.05, 0.1) is 0 Å². The number of anilines is 1. The number of amides is 1. The lowest BCUT2D eigenvalue weighted by Crippen LogP contribution is -2.14. The highest BCUT2D eigenvalue weighted by atomic mass is 79.9. The molecule has 2 aromatic carbocycles. The Labute approximate surface area is 128 Å². The Morgan fingerprint density at radius 3 is 2.40 bits per heavy atom. The second-order valence-electron chi connectivity index (χ2n) is 4.93. The minimum Gasteiger partial charge on any atom is -0.321 e. The van der Waals surface area contributed by atoms with Crippen LogP contribution in [0.5, 0.6) is 0 Å². The Bertz CT molecular complexity index is 632. The van der Waals surface area contributed by atoms with E-state index in [0.717, 1.165) is 33.3 Å². The molecule has 0 aliphatic heterocycles. The van der Waals surface area contributed by atoms with Gasteiger partial charge in [0.15, 0.2) is 0 Å². The van der Waals surface area contributed by atoms with Crippen LogP contribution in [0.15, 0.2) is 40.9 Å². The zero-order valence-corrected chi connectivity index (χ0v) is 13.5. The Morgan fingerprint density at radius 2 is 1.80 bits per heavy atom. The zero-order valence-electron chi connectivity index (χ0n) is 12.0. The molecule has 0 saturated carbocycles. The van der Waals surface area contributed by atoms with Crippen LogP contribution < -0.4 is 5.32 Å². The molecule has 0 spiro atoms. The third kappa shape index (κ3) is 3.28. The third-order valence-electron chi connectivity index (χ3n) is 3.32. The highest BCUT2D eigenvalue weighted by Gasteiger charge is 2.11. The molecule has 0 heterocycles. The Morgan fingerprint density at radius 1 is 1.15 bits per heavy atom. The van der Waals surface area contributed by atoms with Gasteiger partial charge in [0.25, 0.3) is 5.91 Å². The topological polar surface area (TPSA) is 29.1 Å². The van der Waals surface area contributed by atoms with Crippen molar-refractivity contribution in [2.45, 2.75) is 27.2 Å². The second-order valence-corrected chi connectivity index (χ2v) is 5.85. The number of aryl methyl sites for hydroxylation is 3. The van der Waals surface area contributed by atoms with Gasteiger partial charge in [0, 0.05) is 15.7 Å². The van der Waals surface area contributed by atoms with Crippen LogP contribution in [0.4, 0.5) is 5.69 Å². The van der Waals surface area contributed by atoms with Crippen LogP contribution in [0, 0.1) is 13.8 Å². The summed E-state index contributed by atoms with van der Waals surface area (Å²) >= 11 is 3.49. The summed E-state index contributed by atoms with van der Waals surface area (Å²) in [6.45, 7) is 6.10. The van der Waals surface area contributed by atoms with E-state index in [4.69, 9.17) is 0 Å². The second kappa shape index (κ2) is 6.23. The van der Waals surface area contributed by atoms with Crippen molar-refractivity contribution in [2.75, 3.05) is 5.32 Å². The predicted octanol–water partition coefficient (Wildman–Crippen LogP) is 4.88. The van der Waals surface area contributed by atoms with Gasteiger partial charge < -0.3 is 5.32 Å². The minimum atomic E-state index is -0.0647. The van der Waals surface area contributed by atoms with Crippen molar-refractivity contribution in [2.24, 2.45) is 0 Å². The molecule has 0 bridgehead atoms. The summed E-state index contributed by atoms with van der Waals surface area (Å²) in [5, 5.41) is 3.03. The maximum absolute atomic E-state index is 12.3. The number of benzene rings is 2. The zero-order chi connectivity index (χ0) is 14.7. The number of halogens is 1. The number of carbonyl (C=O) groups is 1. The molecule has 2 aromatic rings. The Balaban J connectivity index is 2.30. The van der Waals surface area contributed by atoms with Gasteiger partial charge in [-0.3, -0.25) is 4.79 Å². The number of rotatable bonds is 3. The number of nitrogens with one attached hydrogen (secondary N) is 1. The first kappa shape index (κ1) is 14.8. The molecular weight excluding hydrogens is 314 g/mol. The van der Waals surface area contributed by atoms with Gasteiger partial charge in [-0.2, -0.15) is 0 Å². The standard InChI is InChI=1S/C17H18BrNO/c1-4-13-10-15(18)9-12(3)16(13)19-17(20)14-7-5-11(2)6-8-14/h5-10H,4H2,1-3H3,(H,19,20). The maximum atomic E-state index is 12.3. The van der Waals surface area contributed by atoms with E-state index in [-0.39, 0.29) is 5.91 Å². The molecule has 0 aromatic heterocycles. The largest absolute Gasteiger partial charge is 0.321 e. The van der Waals surface area contributed by atoms with Gasteiger partial charge in [0.1, 0.15) is 0 Å². The van der Waals surface area contributed by atoms with E-state index in [1.165, 1.54) is 0 Å².